The van der Waals surface area contributed by atoms with E-state index in [1.807, 2.05) is 36.4 Å². The molecule has 0 atom stereocenters. The van der Waals surface area contributed by atoms with Crippen LogP contribution in [0.1, 0.15) is 16.1 Å². The molecule has 0 aliphatic heterocycles. The number of aromatic hydroxyl groups is 1. The van der Waals surface area contributed by atoms with Gasteiger partial charge in [-0.05, 0) is 35.0 Å². The molecule has 0 unspecified atom stereocenters. The molecule has 7 heteroatoms. The van der Waals surface area contributed by atoms with Crippen molar-refractivity contribution in [2.45, 2.75) is 0 Å². The first-order valence-corrected chi connectivity index (χ1v) is 8.80. The first-order valence-electron chi connectivity index (χ1n) is 8.80. The lowest BCUT2D eigenvalue weighted by atomic mass is 10.1. The van der Waals surface area contributed by atoms with Crippen LogP contribution in [0.15, 0.2) is 64.1 Å². The Hall–Kier alpha value is -4.00. The number of phenols is 1. The molecule has 0 aliphatic carbocycles. The Morgan fingerprint density at radius 2 is 1.76 bits per heavy atom. The zero-order valence-electron chi connectivity index (χ0n) is 15.8. The number of benzene rings is 3. The van der Waals surface area contributed by atoms with Gasteiger partial charge in [-0.3, -0.25) is 4.79 Å². The van der Waals surface area contributed by atoms with Crippen molar-refractivity contribution in [3.63, 3.8) is 0 Å². The second-order valence-electron chi connectivity index (χ2n) is 6.28. The predicted octanol–water partition coefficient (Wildman–Crippen LogP) is 4.07. The zero-order valence-corrected chi connectivity index (χ0v) is 15.8. The van der Waals surface area contributed by atoms with Crippen molar-refractivity contribution in [1.29, 1.82) is 0 Å². The van der Waals surface area contributed by atoms with Crippen molar-refractivity contribution in [1.82, 2.24) is 5.43 Å². The van der Waals surface area contributed by atoms with E-state index in [1.165, 1.54) is 20.4 Å². The fourth-order valence-corrected chi connectivity index (χ4v) is 3.11. The van der Waals surface area contributed by atoms with E-state index >= 15 is 0 Å². The van der Waals surface area contributed by atoms with E-state index in [2.05, 4.69) is 10.5 Å². The number of hydrogen-bond donors (Lipinski definition) is 2. The van der Waals surface area contributed by atoms with Gasteiger partial charge in [-0.25, -0.2) is 5.43 Å². The second kappa shape index (κ2) is 7.55. The number of nitrogens with zero attached hydrogens (tertiary/aromatic N) is 1. The van der Waals surface area contributed by atoms with Crippen LogP contribution < -0.4 is 14.9 Å². The van der Waals surface area contributed by atoms with Crippen LogP contribution in [0.4, 0.5) is 0 Å². The van der Waals surface area contributed by atoms with E-state index in [0.29, 0.717) is 11.1 Å². The quantitative estimate of drug-likeness (QED) is 0.396. The highest BCUT2D eigenvalue weighted by Gasteiger charge is 2.14. The number of methoxy groups -OCH3 is 2. The summed E-state index contributed by atoms with van der Waals surface area (Å²) in [6.45, 7) is 0. The molecule has 29 heavy (non-hydrogen) atoms. The average molecular weight is 390 g/mol. The lowest BCUT2D eigenvalue weighted by molar-refractivity contribution is 0.0929. The number of rotatable bonds is 5. The Labute approximate surface area is 166 Å². The summed E-state index contributed by atoms with van der Waals surface area (Å²) in [5.41, 5.74) is 3.65. The Morgan fingerprint density at radius 3 is 2.48 bits per heavy atom. The number of fused-ring (bicyclic) bond motifs is 3. The first kappa shape index (κ1) is 18.4. The third-order valence-electron chi connectivity index (χ3n) is 4.53. The van der Waals surface area contributed by atoms with Crippen molar-refractivity contribution in [2.24, 2.45) is 5.10 Å². The van der Waals surface area contributed by atoms with E-state index in [1.54, 1.807) is 18.2 Å². The van der Waals surface area contributed by atoms with E-state index < -0.39 is 5.91 Å². The summed E-state index contributed by atoms with van der Waals surface area (Å²) in [6, 6.07) is 16.5. The molecule has 3 aromatic carbocycles. The normalized spacial score (nSPS) is 11.2. The van der Waals surface area contributed by atoms with Gasteiger partial charge < -0.3 is 19.0 Å². The number of nitrogens with one attached hydrogen (secondary N) is 1. The Morgan fingerprint density at radius 1 is 1.03 bits per heavy atom. The van der Waals surface area contributed by atoms with Crippen molar-refractivity contribution in [3.8, 4) is 17.2 Å². The van der Waals surface area contributed by atoms with Gasteiger partial charge in [-0.15, -0.1) is 0 Å². The monoisotopic (exact) mass is 390 g/mol. The summed E-state index contributed by atoms with van der Waals surface area (Å²) in [5, 5.41) is 16.8. The van der Waals surface area contributed by atoms with Gasteiger partial charge in [0.05, 0.1) is 20.4 Å². The van der Waals surface area contributed by atoms with Gasteiger partial charge in [0.2, 0.25) is 5.75 Å². The van der Waals surface area contributed by atoms with Crippen LogP contribution in [0.5, 0.6) is 17.2 Å². The molecule has 0 saturated heterocycles. The molecule has 0 aliphatic rings. The molecule has 1 heterocycles. The molecule has 146 valence electrons. The number of carbonyl (C=O) groups is 1. The maximum Gasteiger partial charge on any atom is 0.307 e. The van der Waals surface area contributed by atoms with Crippen LogP contribution in [0, 0.1) is 0 Å². The molecule has 4 rings (SSSR count). The fraction of sp³-hybridized carbons (Fsp3) is 0.0909. The number of amides is 1. The molecule has 0 bridgehead atoms. The molecule has 0 fully saturated rings. The molecule has 2 N–H and O–H groups in total. The average Bonchev–Trinajstić information content (AvgIpc) is 3.19. The maximum absolute atomic E-state index is 12.4. The molecule has 7 nitrogen and oxygen atoms in total. The van der Waals surface area contributed by atoms with E-state index in [0.717, 1.165) is 16.2 Å². The van der Waals surface area contributed by atoms with Crippen LogP contribution in [0.25, 0.3) is 21.7 Å². The summed E-state index contributed by atoms with van der Waals surface area (Å²) in [4.78, 5) is 12.4. The SMILES string of the molecule is COc1cc(/C=N/NC(=O)c2cc3c(ccc4ccccc43)o2)cc(OC)c1O. The molecule has 1 aromatic heterocycles. The minimum atomic E-state index is -0.473. The van der Waals surface area contributed by atoms with Crippen LogP contribution in [0.3, 0.4) is 0 Å². The van der Waals surface area contributed by atoms with Gasteiger partial charge in [-0.2, -0.15) is 5.10 Å². The molecule has 0 spiro atoms. The van der Waals surface area contributed by atoms with Crippen molar-refractivity contribution in [2.75, 3.05) is 14.2 Å². The summed E-state index contributed by atoms with van der Waals surface area (Å²) >= 11 is 0. The van der Waals surface area contributed by atoms with Gasteiger partial charge in [-0.1, -0.05) is 30.3 Å². The highest BCUT2D eigenvalue weighted by Crippen LogP contribution is 2.36. The predicted molar refractivity (Wildman–Crippen MR) is 110 cm³/mol. The first-order chi connectivity index (χ1) is 14.1. The van der Waals surface area contributed by atoms with Crippen LogP contribution in [-0.4, -0.2) is 31.4 Å². The molecular weight excluding hydrogens is 372 g/mol. The van der Waals surface area contributed by atoms with Crippen molar-refractivity contribution >= 4 is 33.9 Å². The zero-order chi connectivity index (χ0) is 20.4. The van der Waals surface area contributed by atoms with E-state index in [9.17, 15) is 9.90 Å². The molecule has 4 aromatic rings. The van der Waals surface area contributed by atoms with Gasteiger partial charge in [0.25, 0.3) is 0 Å². The largest absolute Gasteiger partial charge is 0.502 e. The highest BCUT2D eigenvalue weighted by atomic mass is 16.5. The van der Waals surface area contributed by atoms with Gasteiger partial charge in [0, 0.05) is 10.9 Å². The Balaban J connectivity index is 1.56. The number of hydrogen-bond acceptors (Lipinski definition) is 6. The van der Waals surface area contributed by atoms with E-state index in [-0.39, 0.29) is 23.0 Å². The summed E-state index contributed by atoms with van der Waals surface area (Å²) < 4.78 is 15.9. The summed E-state index contributed by atoms with van der Waals surface area (Å²) in [7, 11) is 2.87. The van der Waals surface area contributed by atoms with Gasteiger partial charge in [0.1, 0.15) is 5.58 Å². The number of furan rings is 1. The lowest BCUT2D eigenvalue weighted by Crippen LogP contribution is -2.16. The summed E-state index contributed by atoms with van der Waals surface area (Å²) in [5.74, 6) is 0.0573. The van der Waals surface area contributed by atoms with Crippen molar-refractivity contribution in [3.05, 3.63) is 65.9 Å². The molecule has 0 radical (unpaired) electrons. The van der Waals surface area contributed by atoms with E-state index in [4.69, 9.17) is 13.9 Å². The Kier molecular flexibility index (Phi) is 4.78. The Bertz CT molecular complexity index is 1220. The molecule has 1 amide bonds. The number of hydrazone groups is 1. The molecular formula is C22H18N2O5. The van der Waals surface area contributed by atoms with Crippen molar-refractivity contribution < 1.29 is 23.8 Å². The van der Waals surface area contributed by atoms with Crippen LogP contribution >= 0.6 is 0 Å². The fourth-order valence-electron chi connectivity index (χ4n) is 3.11. The topological polar surface area (TPSA) is 93.3 Å². The summed E-state index contributed by atoms with van der Waals surface area (Å²) in [6.07, 6.45) is 1.42. The number of phenolic OH excluding ortho intramolecular Hbond substituents is 1. The van der Waals surface area contributed by atoms with Gasteiger partial charge >= 0.3 is 5.91 Å². The lowest BCUT2D eigenvalue weighted by Gasteiger charge is -2.09. The standard InChI is InChI=1S/C22H18N2O5/c1-27-18-9-13(10-19(28-2)21(18)25)12-23-24-22(26)20-11-16-15-6-4-3-5-14(15)7-8-17(16)29-20/h3-12,25H,1-2H3,(H,24,26)/b23-12+. The number of ether oxygens (including phenoxy) is 2. The minimum absolute atomic E-state index is 0.106. The maximum atomic E-state index is 12.4. The van der Waals surface area contributed by atoms with Crippen LogP contribution in [-0.2, 0) is 0 Å². The third kappa shape index (κ3) is 3.45. The van der Waals surface area contributed by atoms with Gasteiger partial charge in [0.15, 0.2) is 17.3 Å². The second-order valence-corrected chi connectivity index (χ2v) is 6.28. The minimum Gasteiger partial charge on any atom is -0.502 e. The smallest absolute Gasteiger partial charge is 0.307 e. The van der Waals surface area contributed by atoms with Crippen LogP contribution in [0.2, 0.25) is 0 Å². The number of carbonyl (C=O) groups excluding carboxylic acids is 1. The third-order valence-corrected chi connectivity index (χ3v) is 4.53. The molecule has 0 saturated carbocycles. The highest BCUT2D eigenvalue weighted by molar-refractivity contribution is 6.08.